The minimum Gasteiger partial charge on any atom is -0.481 e. The van der Waals surface area contributed by atoms with Gasteiger partial charge in [0.1, 0.15) is 6.42 Å². The number of nitrogens with one attached hydrogen (secondary N) is 1. The third kappa shape index (κ3) is 5.02. The van der Waals surface area contributed by atoms with Gasteiger partial charge in [0.2, 0.25) is 11.7 Å². The first-order chi connectivity index (χ1) is 17.9. The molecule has 0 aliphatic carbocycles. The molecule has 11 nitrogen and oxygen atoms in total. The maximum absolute atomic E-state index is 15.9. The topological polar surface area (TPSA) is 140 Å². The number of rotatable bonds is 6. The second kappa shape index (κ2) is 10.4. The zero-order valence-electron chi connectivity index (χ0n) is 20.2. The average Bonchev–Trinajstić information content (AvgIpc) is 3.34. The number of carbonyl (C=O) groups excluding carboxylic acids is 1. The molecule has 0 aromatic carbocycles. The van der Waals surface area contributed by atoms with E-state index in [2.05, 4.69) is 20.4 Å². The van der Waals surface area contributed by atoms with Crippen LogP contribution in [0, 0.1) is 23.1 Å². The number of hydrogen-bond acceptors (Lipinski definition) is 8. The molecular weight excluding hydrogens is 479 g/mol. The van der Waals surface area contributed by atoms with Crippen LogP contribution in [0.4, 0.5) is 16.0 Å². The molecule has 3 aromatic rings. The van der Waals surface area contributed by atoms with Crippen LogP contribution < -0.4 is 10.2 Å². The van der Waals surface area contributed by atoms with Gasteiger partial charge in [-0.15, -0.1) is 0 Å². The van der Waals surface area contributed by atoms with Crippen molar-refractivity contribution in [2.24, 2.45) is 5.92 Å². The molecule has 0 spiro atoms. The van der Waals surface area contributed by atoms with Crippen LogP contribution in [0.25, 0.3) is 16.9 Å². The maximum atomic E-state index is 15.9. The Balaban J connectivity index is 1.49. The number of aliphatic carboxylic acids is 1. The van der Waals surface area contributed by atoms with Crippen molar-refractivity contribution < 1.29 is 19.1 Å². The molecular formula is C25H27FN8O3. The Kier molecular flexibility index (Phi) is 6.85. The molecule has 0 unspecified atom stereocenters. The number of pyridine rings is 1. The van der Waals surface area contributed by atoms with E-state index in [-0.39, 0.29) is 30.0 Å². The van der Waals surface area contributed by atoms with Gasteiger partial charge in [0.05, 0.1) is 29.3 Å². The molecule has 2 aliphatic rings. The minimum absolute atomic E-state index is 0.0234. The lowest BCUT2D eigenvalue weighted by molar-refractivity contribution is -0.142. The van der Waals surface area contributed by atoms with Gasteiger partial charge in [0.25, 0.3) is 0 Å². The molecule has 12 heteroatoms. The Morgan fingerprint density at radius 2 is 2.00 bits per heavy atom. The molecule has 1 amide bonds. The Morgan fingerprint density at radius 3 is 2.76 bits per heavy atom. The summed E-state index contributed by atoms with van der Waals surface area (Å²) in [6.07, 6.45) is 5.47. The summed E-state index contributed by atoms with van der Waals surface area (Å²) in [5.74, 6) is -1.73. The number of carbonyl (C=O) groups is 2. The summed E-state index contributed by atoms with van der Waals surface area (Å²) in [5, 5.41) is 25.8. The normalized spacial score (nSPS) is 18.5. The largest absolute Gasteiger partial charge is 0.481 e. The van der Waals surface area contributed by atoms with Crippen molar-refractivity contribution in [2.45, 2.75) is 38.1 Å². The van der Waals surface area contributed by atoms with E-state index in [1.54, 1.807) is 26.7 Å². The molecule has 37 heavy (non-hydrogen) atoms. The van der Waals surface area contributed by atoms with Crippen LogP contribution in [0.15, 0.2) is 30.6 Å². The van der Waals surface area contributed by atoms with Crippen LogP contribution in [-0.2, 0) is 9.59 Å². The van der Waals surface area contributed by atoms with Gasteiger partial charge in [-0.3, -0.25) is 9.59 Å². The van der Waals surface area contributed by atoms with Crippen molar-refractivity contribution in [3.63, 3.8) is 0 Å². The Hall–Kier alpha value is -4.27. The van der Waals surface area contributed by atoms with E-state index in [1.807, 2.05) is 24.3 Å². The van der Waals surface area contributed by atoms with Gasteiger partial charge in [-0.25, -0.2) is 14.5 Å². The molecule has 2 N–H and O–H groups in total. The van der Waals surface area contributed by atoms with Crippen LogP contribution in [-0.4, -0.2) is 73.7 Å². The predicted molar refractivity (Wildman–Crippen MR) is 132 cm³/mol. The summed E-state index contributed by atoms with van der Waals surface area (Å²) < 4.78 is 17.6. The number of carboxylic acids is 1. The SMILES string of the molecule is N#CCC(=O)N1CCC[C@@H](Nc2nc(-c3cnn4ccccc34)nc(N3CCC(C(=O)O)CC3)c2F)C1. The van der Waals surface area contributed by atoms with Crippen molar-refractivity contribution in [1.29, 1.82) is 5.26 Å². The molecule has 2 aliphatic heterocycles. The van der Waals surface area contributed by atoms with Gasteiger partial charge in [-0.2, -0.15) is 14.8 Å². The molecule has 0 bridgehead atoms. The van der Waals surface area contributed by atoms with E-state index in [9.17, 15) is 14.7 Å². The van der Waals surface area contributed by atoms with Crippen LogP contribution in [0.5, 0.6) is 0 Å². The summed E-state index contributed by atoms with van der Waals surface area (Å²) in [4.78, 5) is 36.2. The van der Waals surface area contributed by atoms with Gasteiger partial charge in [-0.05, 0) is 37.8 Å². The smallest absolute Gasteiger partial charge is 0.306 e. The number of nitrogens with zero attached hydrogens (tertiary/aromatic N) is 7. The lowest BCUT2D eigenvalue weighted by atomic mass is 9.97. The van der Waals surface area contributed by atoms with Gasteiger partial charge >= 0.3 is 5.97 Å². The van der Waals surface area contributed by atoms with Crippen LogP contribution >= 0.6 is 0 Å². The molecule has 5 heterocycles. The standard InChI is InChI=1S/C25H27FN8O3/c26-21-23(29-17-4-3-10-33(15-17)20(35)6-9-27)30-22(18-14-28-34-11-2-1-5-19(18)34)31-24(21)32-12-7-16(8-13-32)25(36)37/h1-2,5,11,14,16-17H,3-4,6-8,10,12-13,15H2,(H,36,37)(H,29,30,31)/t17-/m1/s1. The van der Waals surface area contributed by atoms with Gasteiger partial charge < -0.3 is 20.2 Å². The Bertz CT molecular complexity index is 1360. The molecule has 3 aromatic heterocycles. The third-order valence-electron chi connectivity index (χ3n) is 6.99. The van der Waals surface area contributed by atoms with Gasteiger partial charge in [0.15, 0.2) is 17.5 Å². The number of nitriles is 1. The summed E-state index contributed by atoms with van der Waals surface area (Å²) in [7, 11) is 0. The van der Waals surface area contributed by atoms with Crippen LogP contribution in [0.1, 0.15) is 32.1 Å². The van der Waals surface area contributed by atoms with Crippen molar-refractivity contribution >= 4 is 29.0 Å². The molecule has 1 atom stereocenters. The summed E-state index contributed by atoms with van der Waals surface area (Å²) >= 11 is 0. The number of aromatic nitrogens is 4. The average molecular weight is 507 g/mol. The first kappa shape index (κ1) is 24.4. The van der Waals surface area contributed by atoms with Gasteiger partial charge in [-0.1, -0.05) is 6.07 Å². The highest BCUT2D eigenvalue weighted by Crippen LogP contribution is 2.32. The van der Waals surface area contributed by atoms with Gasteiger partial charge in [0, 0.05) is 38.4 Å². The Morgan fingerprint density at radius 1 is 1.19 bits per heavy atom. The number of likely N-dealkylation sites (tertiary alicyclic amines) is 1. The second-order valence-corrected chi connectivity index (χ2v) is 9.38. The fourth-order valence-corrected chi connectivity index (χ4v) is 5.00. The van der Waals surface area contributed by atoms with E-state index in [0.29, 0.717) is 56.8 Å². The van der Waals surface area contributed by atoms with E-state index in [0.717, 1.165) is 11.9 Å². The fourth-order valence-electron chi connectivity index (χ4n) is 5.00. The fraction of sp³-hybridized carbons (Fsp3) is 0.440. The van der Waals surface area contributed by atoms with Crippen molar-refractivity contribution in [1.82, 2.24) is 24.5 Å². The number of amides is 1. The number of hydrogen-bond donors (Lipinski definition) is 2. The number of halogens is 1. The predicted octanol–water partition coefficient (Wildman–Crippen LogP) is 2.55. The third-order valence-corrected chi connectivity index (χ3v) is 6.99. The first-order valence-electron chi connectivity index (χ1n) is 12.3. The van der Waals surface area contributed by atoms with E-state index < -0.39 is 17.7 Å². The monoisotopic (exact) mass is 506 g/mol. The highest BCUT2D eigenvalue weighted by Gasteiger charge is 2.30. The van der Waals surface area contributed by atoms with E-state index >= 15 is 4.39 Å². The Labute approximate surface area is 212 Å². The maximum Gasteiger partial charge on any atom is 0.306 e. The summed E-state index contributed by atoms with van der Waals surface area (Å²) in [5.41, 5.74) is 1.40. The number of fused-ring (bicyclic) bond motifs is 1. The molecule has 0 radical (unpaired) electrons. The minimum atomic E-state index is -0.843. The first-order valence-corrected chi connectivity index (χ1v) is 12.3. The van der Waals surface area contributed by atoms with Crippen LogP contribution in [0.2, 0.25) is 0 Å². The lowest BCUT2D eigenvalue weighted by Gasteiger charge is -2.34. The zero-order valence-corrected chi connectivity index (χ0v) is 20.2. The zero-order chi connectivity index (χ0) is 25.9. The summed E-state index contributed by atoms with van der Waals surface area (Å²) in [6.45, 7) is 1.62. The van der Waals surface area contributed by atoms with E-state index in [4.69, 9.17) is 5.26 Å². The summed E-state index contributed by atoms with van der Waals surface area (Å²) in [6, 6.07) is 7.24. The highest BCUT2D eigenvalue weighted by atomic mass is 19.1. The number of piperidine rings is 2. The lowest BCUT2D eigenvalue weighted by Crippen LogP contribution is -2.45. The highest BCUT2D eigenvalue weighted by molar-refractivity contribution is 5.79. The quantitative estimate of drug-likeness (QED) is 0.516. The molecule has 192 valence electrons. The van der Waals surface area contributed by atoms with Crippen molar-refractivity contribution in [2.75, 3.05) is 36.4 Å². The van der Waals surface area contributed by atoms with E-state index in [1.165, 1.54) is 0 Å². The van der Waals surface area contributed by atoms with Crippen molar-refractivity contribution in [3.05, 3.63) is 36.4 Å². The van der Waals surface area contributed by atoms with Crippen LogP contribution in [0.3, 0.4) is 0 Å². The molecule has 2 saturated heterocycles. The molecule has 5 rings (SSSR count). The second-order valence-electron chi connectivity index (χ2n) is 9.38. The number of carboxylic acid groups (broad SMARTS) is 1. The van der Waals surface area contributed by atoms with Crippen molar-refractivity contribution in [3.8, 4) is 17.5 Å². The molecule has 2 fully saturated rings. The number of anilines is 2. The molecule has 0 saturated carbocycles.